The minimum Gasteiger partial charge on any atom is -0.368 e. The highest BCUT2D eigenvalue weighted by Gasteiger charge is 2.32. The Morgan fingerprint density at radius 1 is 0.939 bits per heavy atom. The summed E-state index contributed by atoms with van der Waals surface area (Å²) in [5, 5.41) is 4.15. The van der Waals surface area contributed by atoms with E-state index in [0.29, 0.717) is 12.4 Å². The second kappa shape index (κ2) is 9.17. The van der Waals surface area contributed by atoms with Gasteiger partial charge in [0.1, 0.15) is 24.8 Å². The van der Waals surface area contributed by atoms with Crippen molar-refractivity contribution in [3.63, 3.8) is 0 Å². The monoisotopic (exact) mass is 446 g/mol. The number of carbonyl (C=O) groups excluding carboxylic acids is 1. The summed E-state index contributed by atoms with van der Waals surface area (Å²) in [5.41, 5.74) is 3.85. The summed E-state index contributed by atoms with van der Waals surface area (Å²) in [5.74, 6) is 1.77. The van der Waals surface area contributed by atoms with Gasteiger partial charge in [0.25, 0.3) is 0 Å². The van der Waals surface area contributed by atoms with Crippen LogP contribution in [0.4, 0.5) is 11.5 Å². The third-order valence-electron chi connectivity index (χ3n) is 6.68. The Kier molecular flexibility index (Phi) is 5.93. The number of aryl methyl sites for hydroxylation is 2. The van der Waals surface area contributed by atoms with Gasteiger partial charge in [-0.1, -0.05) is 12.1 Å². The average Bonchev–Trinajstić information content (AvgIpc) is 3.41. The molecular weight excluding hydrogens is 416 g/mol. The molecule has 1 unspecified atom stereocenters. The number of benzene rings is 1. The van der Waals surface area contributed by atoms with Crippen LogP contribution in [0.25, 0.3) is 5.82 Å². The van der Waals surface area contributed by atoms with Crippen molar-refractivity contribution in [2.24, 2.45) is 5.92 Å². The number of rotatable bonds is 4. The van der Waals surface area contributed by atoms with Gasteiger partial charge < -0.3 is 14.7 Å². The summed E-state index contributed by atoms with van der Waals surface area (Å²) in [6, 6.07) is 8.49. The van der Waals surface area contributed by atoms with E-state index >= 15 is 0 Å². The summed E-state index contributed by atoms with van der Waals surface area (Å²) in [7, 11) is 0. The second-order valence-electron chi connectivity index (χ2n) is 8.96. The largest absolute Gasteiger partial charge is 0.368 e. The van der Waals surface area contributed by atoms with Crippen LogP contribution < -0.4 is 9.80 Å². The van der Waals surface area contributed by atoms with E-state index in [0.717, 1.165) is 51.4 Å². The number of anilines is 2. The molecular formula is C24H30N8O. The van der Waals surface area contributed by atoms with Gasteiger partial charge in [-0.15, -0.1) is 0 Å². The van der Waals surface area contributed by atoms with Gasteiger partial charge in [-0.05, 0) is 43.9 Å². The Hall–Kier alpha value is -3.49. The Morgan fingerprint density at radius 3 is 2.55 bits per heavy atom. The lowest BCUT2D eigenvalue weighted by molar-refractivity contribution is -0.136. The molecule has 2 aromatic heterocycles. The maximum Gasteiger partial charge on any atom is 0.227 e. The average molecular weight is 447 g/mol. The van der Waals surface area contributed by atoms with Gasteiger partial charge in [-0.3, -0.25) is 4.79 Å². The Labute approximate surface area is 194 Å². The molecule has 0 radical (unpaired) electrons. The zero-order chi connectivity index (χ0) is 22.8. The first kappa shape index (κ1) is 21.4. The molecule has 9 heteroatoms. The maximum absolute atomic E-state index is 13.4. The zero-order valence-electron chi connectivity index (χ0n) is 19.3. The molecule has 0 saturated carbocycles. The predicted octanol–water partition coefficient (Wildman–Crippen LogP) is 2.24. The molecule has 5 rings (SSSR count). The third-order valence-corrected chi connectivity index (χ3v) is 6.68. The molecule has 1 amide bonds. The molecule has 0 N–H and O–H groups in total. The Bertz CT molecular complexity index is 1110. The molecule has 172 valence electrons. The van der Waals surface area contributed by atoms with Crippen LogP contribution in [0, 0.1) is 19.8 Å². The molecule has 2 aliphatic rings. The van der Waals surface area contributed by atoms with Gasteiger partial charge >= 0.3 is 0 Å². The summed E-state index contributed by atoms with van der Waals surface area (Å²) in [6.07, 6.45) is 6.54. The van der Waals surface area contributed by atoms with Gasteiger partial charge in [0.2, 0.25) is 5.91 Å². The molecule has 1 aromatic carbocycles. The fourth-order valence-corrected chi connectivity index (χ4v) is 4.83. The highest BCUT2D eigenvalue weighted by atomic mass is 16.2. The van der Waals surface area contributed by atoms with Gasteiger partial charge in [-0.25, -0.2) is 19.6 Å². The third kappa shape index (κ3) is 4.53. The summed E-state index contributed by atoms with van der Waals surface area (Å²) < 4.78 is 1.62. The number of hydrogen-bond acceptors (Lipinski definition) is 7. The van der Waals surface area contributed by atoms with Crippen LogP contribution in [-0.2, 0) is 4.79 Å². The molecule has 2 aliphatic heterocycles. The van der Waals surface area contributed by atoms with Crippen LogP contribution in [0.15, 0.2) is 43.2 Å². The predicted molar refractivity (Wildman–Crippen MR) is 127 cm³/mol. The van der Waals surface area contributed by atoms with E-state index < -0.39 is 0 Å². The smallest absolute Gasteiger partial charge is 0.227 e. The second-order valence-corrected chi connectivity index (χ2v) is 8.96. The number of piperazine rings is 1. The molecule has 0 spiro atoms. The first-order valence-electron chi connectivity index (χ1n) is 11.6. The Morgan fingerprint density at radius 2 is 1.76 bits per heavy atom. The molecule has 2 saturated heterocycles. The maximum atomic E-state index is 13.4. The van der Waals surface area contributed by atoms with E-state index in [1.165, 1.54) is 23.1 Å². The minimum atomic E-state index is -0.00390. The topological polar surface area (TPSA) is 83.3 Å². The van der Waals surface area contributed by atoms with Crippen molar-refractivity contribution in [1.29, 1.82) is 0 Å². The summed E-state index contributed by atoms with van der Waals surface area (Å²) in [6.45, 7) is 9.15. The highest BCUT2D eigenvalue weighted by molar-refractivity contribution is 5.80. The quantitative estimate of drug-likeness (QED) is 0.608. The molecule has 1 atom stereocenters. The van der Waals surface area contributed by atoms with E-state index in [2.05, 4.69) is 66.8 Å². The number of nitrogens with zero attached hydrogens (tertiary/aromatic N) is 8. The first-order chi connectivity index (χ1) is 16.1. The van der Waals surface area contributed by atoms with Gasteiger partial charge in [0.05, 0.1) is 5.92 Å². The number of carbonyl (C=O) groups is 1. The molecule has 3 aromatic rings. The van der Waals surface area contributed by atoms with Crippen LogP contribution in [0.1, 0.15) is 24.0 Å². The van der Waals surface area contributed by atoms with E-state index in [-0.39, 0.29) is 11.8 Å². The van der Waals surface area contributed by atoms with E-state index in [4.69, 9.17) is 0 Å². The van der Waals surface area contributed by atoms with Crippen molar-refractivity contribution >= 4 is 17.4 Å². The summed E-state index contributed by atoms with van der Waals surface area (Å²) >= 11 is 0. The van der Waals surface area contributed by atoms with Gasteiger partial charge in [-0.2, -0.15) is 5.10 Å². The fourth-order valence-electron chi connectivity index (χ4n) is 4.83. The van der Waals surface area contributed by atoms with Crippen molar-refractivity contribution in [1.82, 2.24) is 29.6 Å². The highest BCUT2D eigenvalue weighted by Crippen LogP contribution is 2.26. The van der Waals surface area contributed by atoms with E-state index in [1.54, 1.807) is 17.3 Å². The van der Waals surface area contributed by atoms with Crippen LogP contribution in [-0.4, -0.2) is 74.8 Å². The lowest BCUT2D eigenvalue weighted by Gasteiger charge is -2.40. The summed E-state index contributed by atoms with van der Waals surface area (Å²) in [4.78, 5) is 32.8. The minimum absolute atomic E-state index is 0.00390. The van der Waals surface area contributed by atoms with Crippen molar-refractivity contribution in [2.45, 2.75) is 26.7 Å². The van der Waals surface area contributed by atoms with Crippen molar-refractivity contribution in [3.05, 3.63) is 54.4 Å². The van der Waals surface area contributed by atoms with Crippen molar-refractivity contribution in [2.75, 3.05) is 49.1 Å². The normalized spacial score (nSPS) is 19.1. The number of amides is 1. The molecule has 33 heavy (non-hydrogen) atoms. The Balaban J connectivity index is 1.22. The molecule has 4 heterocycles. The lowest BCUT2D eigenvalue weighted by Crippen LogP contribution is -2.52. The van der Waals surface area contributed by atoms with Crippen LogP contribution in [0.2, 0.25) is 0 Å². The fraction of sp³-hybridized carbons (Fsp3) is 0.458. The number of hydrogen-bond donors (Lipinski definition) is 0. The molecule has 2 fully saturated rings. The first-order valence-corrected chi connectivity index (χ1v) is 11.6. The van der Waals surface area contributed by atoms with Crippen LogP contribution in [0.5, 0.6) is 0 Å². The molecule has 0 bridgehead atoms. The van der Waals surface area contributed by atoms with Crippen LogP contribution in [0.3, 0.4) is 0 Å². The zero-order valence-corrected chi connectivity index (χ0v) is 19.3. The van der Waals surface area contributed by atoms with E-state index in [9.17, 15) is 4.79 Å². The van der Waals surface area contributed by atoms with Gasteiger partial charge in [0, 0.05) is 51.0 Å². The molecule has 9 nitrogen and oxygen atoms in total. The van der Waals surface area contributed by atoms with Crippen LogP contribution >= 0.6 is 0 Å². The molecule has 0 aliphatic carbocycles. The SMILES string of the molecule is Cc1ccc(C)c(N2CCN(C(=O)C3CCCN(c4cc(-n5cncn5)ncn4)C3)CC2)c1. The van der Waals surface area contributed by atoms with Gasteiger partial charge in [0.15, 0.2) is 5.82 Å². The number of aromatic nitrogens is 5. The van der Waals surface area contributed by atoms with Crippen molar-refractivity contribution < 1.29 is 4.79 Å². The lowest BCUT2D eigenvalue weighted by atomic mass is 9.96. The van der Waals surface area contributed by atoms with Crippen molar-refractivity contribution in [3.8, 4) is 5.82 Å². The number of piperidine rings is 1. The standard InChI is InChI=1S/C24H30N8O/c1-18-5-6-19(2)21(12-18)29-8-10-30(11-9-29)24(33)20-4-3-7-31(14-20)22-13-23(27-16-26-22)32-17-25-15-28-32/h5-6,12-13,15-17,20H,3-4,7-11,14H2,1-2H3. The van der Waals surface area contributed by atoms with E-state index in [1.807, 2.05) is 6.07 Å².